The average Bonchev–Trinajstić information content (AvgIpc) is 2.35. The van der Waals surface area contributed by atoms with Crippen molar-refractivity contribution in [3.05, 3.63) is 28.6 Å². The van der Waals surface area contributed by atoms with E-state index in [2.05, 4.69) is 37.1 Å². The fraction of sp³-hybridized carbons (Fsp3) is 0.737. The zero-order chi connectivity index (χ0) is 15.3. The number of aromatic nitrogens is 1. The number of likely N-dealkylation sites (tertiary alicyclic amines) is 1. The molecule has 1 aliphatic carbocycles. The Kier molecular flexibility index (Phi) is 3.54. The fourth-order valence-corrected chi connectivity index (χ4v) is 4.64. The van der Waals surface area contributed by atoms with Gasteiger partial charge in [0.1, 0.15) is 0 Å². The second kappa shape index (κ2) is 5.31. The van der Waals surface area contributed by atoms with Crippen LogP contribution in [0.2, 0.25) is 0 Å². The van der Waals surface area contributed by atoms with Crippen molar-refractivity contribution >= 4 is 0 Å². The summed E-state index contributed by atoms with van der Waals surface area (Å²) in [5.74, 6) is 0.722. The van der Waals surface area contributed by atoms with Gasteiger partial charge in [-0.1, -0.05) is 13.8 Å². The van der Waals surface area contributed by atoms with Crippen molar-refractivity contribution in [1.29, 1.82) is 0 Å². The average molecular weight is 299 g/mol. The van der Waals surface area contributed by atoms with Gasteiger partial charge in [0.2, 0.25) is 0 Å². The first kappa shape index (κ1) is 14.6. The lowest BCUT2D eigenvalue weighted by Gasteiger charge is -2.59. The lowest BCUT2D eigenvalue weighted by molar-refractivity contribution is -0.0675. The van der Waals surface area contributed by atoms with Crippen molar-refractivity contribution in [3.8, 4) is 0 Å². The predicted octanol–water partition coefficient (Wildman–Crippen LogP) is 2.35. The standard InChI is InChI=1S/C19H29N3/c1-13(2)6-15-7-14(3)21-18-5-4-16(8-17(15)18)22-11-19(12-22)9-20-10-19/h7,13,16,20H,4-6,8-12H2,1-3H3. The maximum Gasteiger partial charge on any atom is 0.0442 e. The van der Waals surface area contributed by atoms with Crippen LogP contribution in [-0.2, 0) is 19.3 Å². The maximum absolute atomic E-state index is 4.85. The molecule has 3 heteroatoms. The summed E-state index contributed by atoms with van der Waals surface area (Å²) in [4.78, 5) is 7.59. The smallest absolute Gasteiger partial charge is 0.0442 e. The highest BCUT2D eigenvalue weighted by atomic mass is 15.3. The van der Waals surface area contributed by atoms with E-state index in [1.807, 2.05) is 0 Å². The molecule has 3 heterocycles. The van der Waals surface area contributed by atoms with Crippen LogP contribution in [0.25, 0.3) is 0 Å². The zero-order valence-electron chi connectivity index (χ0n) is 14.3. The van der Waals surface area contributed by atoms with Gasteiger partial charge in [0.25, 0.3) is 0 Å². The fourth-order valence-electron chi connectivity index (χ4n) is 4.64. The quantitative estimate of drug-likeness (QED) is 0.928. The van der Waals surface area contributed by atoms with E-state index in [4.69, 9.17) is 4.98 Å². The second-order valence-corrected chi connectivity index (χ2v) is 8.35. The van der Waals surface area contributed by atoms with Gasteiger partial charge in [-0.2, -0.15) is 0 Å². The molecule has 3 nitrogen and oxygen atoms in total. The van der Waals surface area contributed by atoms with Crippen molar-refractivity contribution in [2.45, 2.75) is 52.5 Å². The Morgan fingerprint density at radius 1 is 1.36 bits per heavy atom. The molecule has 0 amide bonds. The van der Waals surface area contributed by atoms with Crippen LogP contribution in [0.15, 0.2) is 6.07 Å². The van der Waals surface area contributed by atoms with Crippen LogP contribution in [0.1, 0.15) is 42.8 Å². The molecule has 2 saturated heterocycles. The first-order chi connectivity index (χ1) is 10.5. The number of pyridine rings is 1. The van der Waals surface area contributed by atoms with Crippen molar-refractivity contribution < 1.29 is 0 Å². The van der Waals surface area contributed by atoms with E-state index in [1.165, 1.54) is 63.3 Å². The second-order valence-electron chi connectivity index (χ2n) is 8.35. The van der Waals surface area contributed by atoms with E-state index < -0.39 is 0 Å². The third kappa shape index (κ3) is 2.48. The highest BCUT2D eigenvalue weighted by Gasteiger charge is 2.49. The van der Waals surface area contributed by atoms with Crippen molar-refractivity contribution in [3.63, 3.8) is 0 Å². The van der Waals surface area contributed by atoms with Gasteiger partial charge in [-0.05, 0) is 55.7 Å². The summed E-state index contributed by atoms with van der Waals surface area (Å²) in [6.45, 7) is 11.9. The minimum atomic E-state index is 0.645. The van der Waals surface area contributed by atoms with Gasteiger partial charge in [-0.15, -0.1) is 0 Å². The van der Waals surface area contributed by atoms with Gasteiger partial charge in [-0.25, -0.2) is 0 Å². The summed E-state index contributed by atoms with van der Waals surface area (Å²) in [6.07, 6.45) is 4.91. The van der Waals surface area contributed by atoms with E-state index in [0.717, 1.165) is 12.0 Å². The maximum atomic E-state index is 4.85. The molecule has 4 rings (SSSR count). The number of fused-ring (bicyclic) bond motifs is 1. The molecule has 120 valence electrons. The van der Waals surface area contributed by atoms with Crippen LogP contribution in [0.4, 0.5) is 0 Å². The molecule has 22 heavy (non-hydrogen) atoms. The topological polar surface area (TPSA) is 28.2 Å². The third-order valence-electron chi connectivity index (χ3n) is 5.81. The Labute approximate surface area is 134 Å². The molecule has 0 radical (unpaired) electrons. The van der Waals surface area contributed by atoms with Crippen molar-refractivity contribution in [2.24, 2.45) is 11.3 Å². The first-order valence-corrected chi connectivity index (χ1v) is 8.98. The SMILES string of the molecule is Cc1cc(CC(C)C)c2c(n1)CCC(N1CC3(CNC3)C1)C2. The minimum Gasteiger partial charge on any atom is -0.315 e. The van der Waals surface area contributed by atoms with E-state index >= 15 is 0 Å². The summed E-state index contributed by atoms with van der Waals surface area (Å²) < 4.78 is 0. The van der Waals surface area contributed by atoms with Gasteiger partial charge >= 0.3 is 0 Å². The van der Waals surface area contributed by atoms with Gasteiger partial charge in [-0.3, -0.25) is 9.88 Å². The number of hydrogen-bond donors (Lipinski definition) is 1. The number of aryl methyl sites for hydroxylation is 2. The number of nitrogens with zero attached hydrogens (tertiary/aromatic N) is 2. The third-order valence-corrected chi connectivity index (χ3v) is 5.81. The van der Waals surface area contributed by atoms with E-state index in [9.17, 15) is 0 Å². The molecule has 1 spiro atoms. The van der Waals surface area contributed by atoms with Crippen LogP contribution in [-0.4, -0.2) is 42.1 Å². The van der Waals surface area contributed by atoms with Crippen molar-refractivity contribution in [1.82, 2.24) is 15.2 Å². The number of hydrogen-bond acceptors (Lipinski definition) is 3. The molecule has 1 atom stereocenters. The molecule has 0 saturated carbocycles. The minimum absolute atomic E-state index is 0.645. The highest BCUT2D eigenvalue weighted by Crippen LogP contribution is 2.38. The number of rotatable bonds is 3. The number of nitrogens with one attached hydrogen (secondary N) is 1. The van der Waals surface area contributed by atoms with Crippen molar-refractivity contribution in [2.75, 3.05) is 26.2 Å². The van der Waals surface area contributed by atoms with Crippen LogP contribution in [0, 0.1) is 18.3 Å². The largest absolute Gasteiger partial charge is 0.315 e. The molecule has 1 aromatic heterocycles. The van der Waals surface area contributed by atoms with Gasteiger partial charge in [0.05, 0.1) is 0 Å². The van der Waals surface area contributed by atoms with Crippen LogP contribution in [0.5, 0.6) is 0 Å². The van der Waals surface area contributed by atoms with Gasteiger partial charge in [0.15, 0.2) is 0 Å². The molecule has 0 aromatic carbocycles. The Morgan fingerprint density at radius 2 is 2.14 bits per heavy atom. The first-order valence-electron chi connectivity index (χ1n) is 8.98. The Balaban J connectivity index is 1.52. The molecule has 1 N–H and O–H groups in total. The molecule has 2 fully saturated rings. The molecular weight excluding hydrogens is 270 g/mol. The summed E-state index contributed by atoms with van der Waals surface area (Å²) in [6, 6.07) is 3.10. The Hall–Kier alpha value is -0.930. The summed E-state index contributed by atoms with van der Waals surface area (Å²) in [5.41, 5.74) is 6.40. The van der Waals surface area contributed by atoms with E-state index in [1.54, 1.807) is 11.1 Å². The molecule has 1 aromatic rings. The summed E-state index contributed by atoms with van der Waals surface area (Å²) >= 11 is 0. The van der Waals surface area contributed by atoms with E-state index in [0.29, 0.717) is 5.41 Å². The Bertz CT molecular complexity index is 566. The lowest BCUT2D eigenvalue weighted by atomic mass is 9.72. The Morgan fingerprint density at radius 3 is 2.77 bits per heavy atom. The monoisotopic (exact) mass is 299 g/mol. The molecule has 3 aliphatic rings. The molecule has 2 aliphatic heterocycles. The van der Waals surface area contributed by atoms with Crippen LogP contribution in [0.3, 0.4) is 0 Å². The summed E-state index contributed by atoms with van der Waals surface area (Å²) in [5, 5.41) is 3.44. The highest BCUT2D eigenvalue weighted by molar-refractivity contribution is 5.36. The zero-order valence-corrected chi connectivity index (χ0v) is 14.3. The van der Waals surface area contributed by atoms with Crippen LogP contribution >= 0.6 is 0 Å². The van der Waals surface area contributed by atoms with Gasteiger partial charge < -0.3 is 5.32 Å². The van der Waals surface area contributed by atoms with Gasteiger partial charge in [0, 0.05) is 49.0 Å². The van der Waals surface area contributed by atoms with E-state index in [-0.39, 0.29) is 0 Å². The molecule has 0 bridgehead atoms. The molecule has 1 unspecified atom stereocenters. The lowest BCUT2D eigenvalue weighted by Crippen LogP contribution is -2.72. The molecular formula is C19H29N3. The summed E-state index contributed by atoms with van der Waals surface area (Å²) in [7, 11) is 0. The van der Waals surface area contributed by atoms with Crippen LogP contribution < -0.4 is 5.32 Å². The predicted molar refractivity (Wildman–Crippen MR) is 90.2 cm³/mol. The normalized spacial score (nSPS) is 26.6.